The smallest absolute Gasteiger partial charge is 0.246 e. The molecule has 1 N–H and O–H groups in total. The summed E-state index contributed by atoms with van der Waals surface area (Å²) in [6.45, 7) is 0. The minimum absolute atomic E-state index is 0.0208. The van der Waals surface area contributed by atoms with Crippen LogP contribution >= 0.6 is 0 Å². The van der Waals surface area contributed by atoms with Crippen molar-refractivity contribution in [3.63, 3.8) is 0 Å². The molecule has 1 amide bonds. The minimum atomic E-state index is -0.0208. The summed E-state index contributed by atoms with van der Waals surface area (Å²) in [6.07, 6.45) is 5.05. The molecule has 1 radical (unpaired) electrons. The van der Waals surface area contributed by atoms with Crippen molar-refractivity contribution in [2.45, 2.75) is 19.3 Å². The van der Waals surface area contributed by atoms with Gasteiger partial charge in [-0.1, -0.05) is 6.08 Å². The molecule has 0 saturated heterocycles. The van der Waals surface area contributed by atoms with Crippen molar-refractivity contribution in [1.29, 1.82) is 0 Å². The summed E-state index contributed by atoms with van der Waals surface area (Å²) in [5.41, 5.74) is 0.894. The zero-order valence-electron chi connectivity index (χ0n) is 5.31. The fourth-order valence-corrected chi connectivity index (χ4v) is 0.991. The van der Waals surface area contributed by atoms with Crippen LogP contribution in [-0.4, -0.2) is 5.91 Å². The first-order chi connectivity index (χ1) is 4.34. The van der Waals surface area contributed by atoms with Crippen molar-refractivity contribution in [3.8, 4) is 0 Å². The van der Waals surface area contributed by atoms with E-state index in [1.54, 1.807) is 0 Å². The summed E-state index contributed by atoms with van der Waals surface area (Å²) in [5.74, 6) is -0.0208. The second-order valence-electron chi connectivity index (χ2n) is 2.13. The molecule has 1 aliphatic carbocycles. The van der Waals surface area contributed by atoms with Gasteiger partial charge in [0, 0.05) is 12.6 Å². The number of carbonyl (C=O) groups is 1. The third kappa shape index (κ3) is 1.31. The number of carbonyl (C=O) groups excluding carboxylic acids is 1. The highest BCUT2D eigenvalue weighted by molar-refractivity contribution is 5.93. The van der Waals surface area contributed by atoms with E-state index < -0.39 is 0 Å². The van der Waals surface area contributed by atoms with E-state index in [2.05, 4.69) is 12.4 Å². The molecule has 0 saturated carbocycles. The van der Waals surface area contributed by atoms with E-state index >= 15 is 0 Å². The molecule has 1 aliphatic rings. The minimum Gasteiger partial charge on any atom is -0.351 e. The van der Waals surface area contributed by atoms with Gasteiger partial charge >= 0.3 is 0 Å². The summed E-state index contributed by atoms with van der Waals surface area (Å²) in [7, 11) is 3.29. The molecule has 9 heavy (non-hydrogen) atoms. The largest absolute Gasteiger partial charge is 0.351 e. The van der Waals surface area contributed by atoms with Gasteiger partial charge in [0.05, 0.1) is 0 Å². The van der Waals surface area contributed by atoms with Crippen molar-refractivity contribution in [3.05, 3.63) is 18.7 Å². The molecule has 0 fully saturated rings. The molecule has 0 spiro atoms. The zero-order chi connectivity index (χ0) is 6.69. The first kappa shape index (κ1) is 6.33. The fourth-order valence-electron chi connectivity index (χ4n) is 0.991. The highest BCUT2D eigenvalue weighted by atomic mass is 16.1. The maximum absolute atomic E-state index is 10.8. The first-order valence-electron chi connectivity index (χ1n) is 3.11. The van der Waals surface area contributed by atoms with Gasteiger partial charge in [0.2, 0.25) is 5.91 Å². The predicted molar refractivity (Wildman–Crippen MR) is 35.4 cm³/mol. The standard InChI is InChI=1S/C7H10NO/c1-8-7(9)6-4-2-3-5-6/h4H,1-3,5H2,(H,8,9). The van der Waals surface area contributed by atoms with Gasteiger partial charge in [-0.2, -0.15) is 0 Å². The molecular formula is C7H10NO. The zero-order valence-corrected chi connectivity index (χ0v) is 5.31. The van der Waals surface area contributed by atoms with E-state index in [1.807, 2.05) is 6.08 Å². The van der Waals surface area contributed by atoms with Crippen LogP contribution in [0.3, 0.4) is 0 Å². The second-order valence-corrected chi connectivity index (χ2v) is 2.13. The van der Waals surface area contributed by atoms with E-state index in [0.29, 0.717) is 0 Å². The Labute approximate surface area is 54.9 Å². The Morgan fingerprint density at radius 3 is 3.00 bits per heavy atom. The average molecular weight is 124 g/mol. The lowest BCUT2D eigenvalue weighted by atomic mass is 10.2. The molecule has 0 aliphatic heterocycles. The van der Waals surface area contributed by atoms with Crippen LogP contribution in [0, 0.1) is 7.05 Å². The lowest BCUT2D eigenvalue weighted by Gasteiger charge is -1.96. The molecule has 2 nitrogen and oxygen atoms in total. The molecule has 49 valence electrons. The molecule has 0 aromatic rings. The SMILES string of the molecule is [CH2]NC(=O)C1=CCCC1. The second kappa shape index (κ2) is 2.67. The summed E-state index contributed by atoms with van der Waals surface area (Å²) in [6, 6.07) is 0. The van der Waals surface area contributed by atoms with Crippen molar-refractivity contribution in [2.24, 2.45) is 0 Å². The normalized spacial score (nSPS) is 17.2. The average Bonchev–Trinajstić information content (AvgIpc) is 2.37. The molecule has 0 bridgehead atoms. The summed E-state index contributed by atoms with van der Waals surface area (Å²) < 4.78 is 0. The van der Waals surface area contributed by atoms with Crippen LogP contribution in [0.15, 0.2) is 11.6 Å². The van der Waals surface area contributed by atoms with Gasteiger partial charge in [-0.25, -0.2) is 0 Å². The van der Waals surface area contributed by atoms with Gasteiger partial charge < -0.3 is 5.32 Å². The monoisotopic (exact) mass is 124 g/mol. The van der Waals surface area contributed by atoms with Crippen molar-refractivity contribution < 1.29 is 4.79 Å². The van der Waals surface area contributed by atoms with Crippen LogP contribution in [-0.2, 0) is 4.79 Å². The van der Waals surface area contributed by atoms with Crippen LogP contribution < -0.4 is 5.32 Å². The fraction of sp³-hybridized carbons (Fsp3) is 0.429. The number of nitrogens with one attached hydrogen (secondary N) is 1. The highest BCUT2D eigenvalue weighted by Gasteiger charge is 2.10. The molecule has 0 heterocycles. The van der Waals surface area contributed by atoms with Gasteiger partial charge in [-0.15, -0.1) is 0 Å². The van der Waals surface area contributed by atoms with Crippen molar-refractivity contribution in [1.82, 2.24) is 5.32 Å². The Morgan fingerprint density at radius 2 is 2.56 bits per heavy atom. The van der Waals surface area contributed by atoms with E-state index in [4.69, 9.17) is 0 Å². The topological polar surface area (TPSA) is 29.1 Å². The molecule has 0 atom stereocenters. The summed E-state index contributed by atoms with van der Waals surface area (Å²) in [5, 5.41) is 2.35. The van der Waals surface area contributed by atoms with E-state index in [9.17, 15) is 4.79 Å². The van der Waals surface area contributed by atoms with Gasteiger partial charge in [0.1, 0.15) is 0 Å². The Morgan fingerprint density at radius 1 is 1.78 bits per heavy atom. The summed E-state index contributed by atoms with van der Waals surface area (Å²) in [4.78, 5) is 10.8. The van der Waals surface area contributed by atoms with E-state index in [-0.39, 0.29) is 5.91 Å². The third-order valence-corrected chi connectivity index (χ3v) is 1.49. The first-order valence-corrected chi connectivity index (χ1v) is 3.11. The van der Waals surface area contributed by atoms with E-state index in [0.717, 1.165) is 24.8 Å². The number of hydrogen-bond donors (Lipinski definition) is 1. The number of hydrogen-bond acceptors (Lipinski definition) is 1. The molecule has 2 heteroatoms. The number of allylic oxidation sites excluding steroid dienone is 1. The molecular weight excluding hydrogens is 114 g/mol. The van der Waals surface area contributed by atoms with Gasteiger partial charge in [-0.05, 0) is 19.3 Å². The Hall–Kier alpha value is -0.790. The Bertz CT molecular complexity index is 149. The maximum Gasteiger partial charge on any atom is 0.246 e. The summed E-state index contributed by atoms with van der Waals surface area (Å²) >= 11 is 0. The van der Waals surface area contributed by atoms with Gasteiger partial charge in [0.15, 0.2) is 0 Å². The molecule has 0 unspecified atom stereocenters. The highest BCUT2D eigenvalue weighted by Crippen LogP contribution is 2.16. The van der Waals surface area contributed by atoms with Gasteiger partial charge in [-0.3, -0.25) is 4.79 Å². The Balaban J connectivity index is 2.51. The molecule has 0 aromatic heterocycles. The van der Waals surface area contributed by atoms with Crippen LogP contribution in [0.1, 0.15) is 19.3 Å². The lowest BCUT2D eigenvalue weighted by Crippen LogP contribution is -2.16. The van der Waals surface area contributed by atoms with E-state index in [1.165, 1.54) is 0 Å². The molecule has 0 aromatic carbocycles. The molecule has 1 rings (SSSR count). The van der Waals surface area contributed by atoms with Crippen LogP contribution in [0.5, 0.6) is 0 Å². The quantitative estimate of drug-likeness (QED) is 0.555. The maximum atomic E-state index is 10.8. The lowest BCUT2D eigenvalue weighted by molar-refractivity contribution is -0.116. The predicted octanol–water partition coefficient (Wildman–Crippen LogP) is 1.00. The van der Waals surface area contributed by atoms with Crippen LogP contribution in [0.25, 0.3) is 0 Å². The Kier molecular flexibility index (Phi) is 1.88. The number of rotatable bonds is 1. The van der Waals surface area contributed by atoms with Crippen molar-refractivity contribution >= 4 is 5.91 Å². The van der Waals surface area contributed by atoms with Crippen molar-refractivity contribution in [2.75, 3.05) is 0 Å². The third-order valence-electron chi connectivity index (χ3n) is 1.49. The van der Waals surface area contributed by atoms with Crippen LogP contribution in [0.2, 0.25) is 0 Å². The van der Waals surface area contributed by atoms with Gasteiger partial charge in [0.25, 0.3) is 0 Å². The number of amides is 1. The van der Waals surface area contributed by atoms with Crippen LogP contribution in [0.4, 0.5) is 0 Å².